The lowest BCUT2D eigenvalue weighted by molar-refractivity contribution is 0.405. The number of rotatable bonds is 4. The van der Waals surface area contributed by atoms with Crippen molar-refractivity contribution in [3.63, 3.8) is 0 Å². The van der Waals surface area contributed by atoms with Gasteiger partial charge in [-0.15, -0.1) is 24.0 Å². The molecule has 1 aromatic carbocycles. The van der Waals surface area contributed by atoms with E-state index in [1.807, 2.05) is 18.2 Å². The average Bonchev–Trinajstić information content (AvgIpc) is 2.92. The van der Waals surface area contributed by atoms with Crippen molar-refractivity contribution in [2.75, 3.05) is 19.5 Å². The third-order valence-corrected chi connectivity index (χ3v) is 4.71. The first-order chi connectivity index (χ1) is 10.2. The summed E-state index contributed by atoms with van der Waals surface area (Å²) in [6.45, 7) is 0. The molecule has 1 spiro atoms. The maximum atomic E-state index is 6.06. The highest BCUT2D eigenvalue weighted by molar-refractivity contribution is 14.0. The Balaban J connectivity index is 0.00000176. The number of guanidine groups is 1. The number of ether oxygens (including phenoxy) is 2. The molecule has 0 aliphatic heterocycles. The van der Waals surface area contributed by atoms with Crippen LogP contribution in [-0.2, 0) is 0 Å². The highest BCUT2D eigenvalue weighted by atomic mass is 127. The number of hydrogen-bond donors (Lipinski definition) is 2. The molecule has 0 saturated heterocycles. The number of aliphatic imine (C=N–C) groups is 1. The molecule has 1 aromatic rings. The second kappa shape index (κ2) is 6.93. The van der Waals surface area contributed by atoms with Crippen LogP contribution in [-0.4, -0.2) is 26.2 Å². The van der Waals surface area contributed by atoms with Gasteiger partial charge in [0.15, 0.2) is 5.96 Å². The first-order valence-electron chi connectivity index (χ1n) is 7.49. The number of methoxy groups -OCH3 is 2. The quantitative estimate of drug-likeness (QED) is 0.448. The molecule has 1 unspecified atom stereocenters. The normalized spacial score (nSPS) is 22.1. The zero-order valence-corrected chi connectivity index (χ0v) is 15.4. The van der Waals surface area contributed by atoms with Crippen molar-refractivity contribution >= 4 is 35.6 Å². The van der Waals surface area contributed by atoms with Crippen LogP contribution in [0.25, 0.3) is 0 Å². The minimum atomic E-state index is 0. The van der Waals surface area contributed by atoms with Crippen LogP contribution in [0, 0.1) is 5.41 Å². The van der Waals surface area contributed by atoms with E-state index in [1.165, 1.54) is 32.1 Å². The maximum absolute atomic E-state index is 6.06. The largest absolute Gasteiger partial charge is 0.497 e. The van der Waals surface area contributed by atoms with E-state index in [4.69, 9.17) is 15.2 Å². The van der Waals surface area contributed by atoms with Crippen molar-refractivity contribution in [3.05, 3.63) is 18.2 Å². The predicted octanol–water partition coefficient (Wildman–Crippen LogP) is 3.38. The summed E-state index contributed by atoms with van der Waals surface area (Å²) in [5, 5.41) is 3.14. The fraction of sp³-hybridized carbons (Fsp3) is 0.562. The van der Waals surface area contributed by atoms with Crippen LogP contribution in [0.1, 0.15) is 32.1 Å². The molecule has 2 saturated carbocycles. The van der Waals surface area contributed by atoms with Crippen LogP contribution in [0.15, 0.2) is 23.2 Å². The molecule has 0 heterocycles. The molecule has 5 nitrogen and oxygen atoms in total. The standard InChI is InChI=1S/C16H23N3O2.HI/c1-20-11-5-6-13(21-2)12(9-11)18-15(17)19-14-10-16(14)7-3-4-8-16;/h5-6,9,14H,3-4,7-8,10H2,1-2H3,(H3,17,18,19);1H. The second-order valence-corrected chi connectivity index (χ2v) is 5.99. The molecule has 6 heteroatoms. The molecular weight excluding hydrogens is 393 g/mol. The Morgan fingerprint density at radius 3 is 2.64 bits per heavy atom. The van der Waals surface area contributed by atoms with Crippen molar-refractivity contribution in [3.8, 4) is 11.5 Å². The van der Waals surface area contributed by atoms with E-state index < -0.39 is 0 Å². The SMILES string of the molecule is COc1ccc(OC)c(NC(N)=NC2CC23CCCC3)c1.I. The van der Waals surface area contributed by atoms with Gasteiger partial charge in [-0.1, -0.05) is 12.8 Å². The highest BCUT2D eigenvalue weighted by Gasteiger charge is 2.55. The second-order valence-electron chi connectivity index (χ2n) is 5.99. The molecule has 3 rings (SSSR count). The van der Waals surface area contributed by atoms with E-state index in [9.17, 15) is 0 Å². The zero-order chi connectivity index (χ0) is 14.9. The van der Waals surface area contributed by atoms with Crippen molar-refractivity contribution in [2.24, 2.45) is 16.1 Å². The van der Waals surface area contributed by atoms with E-state index in [-0.39, 0.29) is 24.0 Å². The third kappa shape index (κ3) is 3.42. The van der Waals surface area contributed by atoms with Gasteiger partial charge >= 0.3 is 0 Å². The van der Waals surface area contributed by atoms with Crippen LogP contribution in [0.2, 0.25) is 0 Å². The molecule has 0 amide bonds. The molecule has 122 valence electrons. The van der Waals surface area contributed by atoms with E-state index in [0.717, 1.165) is 17.2 Å². The minimum Gasteiger partial charge on any atom is -0.497 e. The molecular formula is C16H24IN3O2. The number of halogens is 1. The zero-order valence-electron chi connectivity index (χ0n) is 13.1. The number of benzene rings is 1. The summed E-state index contributed by atoms with van der Waals surface area (Å²) in [4.78, 5) is 4.64. The molecule has 0 radical (unpaired) electrons. The van der Waals surface area contributed by atoms with Gasteiger partial charge in [-0.3, -0.25) is 0 Å². The monoisotopic (exact) mass is 417 g/mol. The molecule has 0 bridgehead atoms. The van der Waals surface area contributed by atoms with Crippen molar-refractivity contribution < 1.29 is 9.47 Å². The predicted molar refractivity (Wildman–Crippen MR) is 99.5 cm³/mol. The van der Waals surface area contributed by atoms with Crippen molar-refractivity contribution in [1.82, 2.24) is 0 Å². The first kappa shape index (κ1) is 17.2. The lowest BCUT2D eigenvalue weighted by Gasteiger charge is -2.12. The Bertz CT molecular complexity index is 556. The summed E-state index contributed by atoms with van der Waals surface area (Å²) in [6.07, 6.45) is 6.46. The number of nitrogens with zero attached hydrogens (tertiary/aromatic N) is 1. The molecule has 0 aromatic heterocycles. The molecule has 22 heavy (non-hydrogen) atoms. The van der Waals surface area contributed by atoms with Gasteiger partial charge in [0.05, 0.1) is 25.9 Å². The van der Waals surface area contributed by atoms with E-state index in [0.29, 0.717) is 17.4 Å². The Hall–Kier alpha value is -1.18. The summed E-state index contributed by atoms with van der Waals surface area (Å²) in [6, 6.07) is 5.96. The topological polar surface area (TPSA) is 68.9 Å². The third-order valence-electron chi connectivity index (χ3n) is 4.71. The van der Waals surface area contributed by atoms with Gasteiger partial charge in [0.25, 0.3) is 0 Å². The van der Waals surface area contributed by atoms with Crippen molar-refractivity contribution in [2.45, 2.75) is 38.1 Å². The number of nitrogens with two attached hydrogens (primary N) is 1. The van der Waals surface area contributed by atoms with Gasteiger partial charge in [-0.05, 0) is 36.8 Å². The summed E-state index contributed by atoms with van der Waals surface area (Å²) in [5.74, 6) is 1.93. The van der Waals surface area contributed by atoms with Gasteiger partial charge in [0.1, 0.15) is 11.5 Å². The maximum Gasteiger partial charge on any atom is 0.193 e. The minimum absolute atomic E-state index is 0. The number of anilines is 1. The van der Waals surface area contributed by atoms with Crippen LogP contribution in [0.4, 0.5) is 5.69 Å². The lowest BCUT2D eigenvalue weighted by atomic mass is 10.1. The first-order valence-corrected chi connectivity index (χ1v) is 7.49. The highest BCUT2D eigenvalue weighted by Crippen LogP contribution is 2.59. The molecule has 2 aliphatic carbocycles. The Labute approximate surface area is 148 Å². The summed E-state index contributed by atoms with van der Waals surface area (Å²) in [7, 11) is 3.27. The van der Waals surface area contributed by atoms with E-state index in [1.54, 1.807) is 14.2 Å². The van der Waals surface area contributed by atoms with Gasteiger partial charge in [0, 0.05) is 6.07 Å². The fourth-order valence-electron chi connectivity index (χ4n) is 3.38. The summed E-state index contributed by atoms with van der Waals surface area (Å²) >= 11 is 0. The van der Waals surface area contributed by atoms with Crippen molar-refractivity contribution in [1.29, 1.82) is 0 Å². The van der Waals surface area contributed by atoms with E-state index >= 15 is 0 Å². The summed E-state index contributed by atoms with van der Waals surface area (Å²) < 4.78 is 10.6. The average molecular weight is 417 g/mol. The number of nitrogens with one attached hydrogen (secondary N) is 1. The fourth-order valence-corrected chi connectivity index (χ4v) is 3.38. The Kier molecular flexibility index (Phi) is 5.41. The van der Waals surface area contributed by atoms with Gasteiger partial charge in [0.2, 0.25) is 0 Å². The molecule has 2 fully saturated rings. The van der Waals surface area contributed by atoms with Crippen LogP contribution in [0.5, 0.6) is 11.5 Å². The van der Waals surface area contributed by atoms with Crippen LogP contribution in [0.3, 0.4) is 0 Å². The van der Waals surface area contributed by atoms with Gasteiger partial charge in [-0.2, -0.15) is 0 Å². The summed E-state index contributed by atoms with van der Waals surface area (Å²) in [5.41, 5.74) is 7.30. The van der Waals surface area contributed by atoms with Crippen LogP contribution >= 0.6 is 24.0 Å². The Morgan fingerprint density at radius 1 is 1.27 bits per heavy atom. The number of hydrogen-bond acceptors (Lipinski definition) is 3. The van der Waals surface area contributed by atoms with Gasteiger partial charge in [-0.25, -0.2) is 4.99 Å². The molecule has 1 atom stereocenters. The van der Waals surface area contributed by atoms with Crippen LogP contribution < -0.4 is 20.5 Å². The van der Waals surface area contributed by atoms with E-state index in [2.05, 4.69) is 10.3 Å². The van der Waals surface area contributed by atoms with Gasteiger partial charge < -0.3 is 20.5 Å². The molecule has 3 N–H and O–H groups in total. The molecule has 2 aliphatic rings. The Morgan fingerprint density at radius 2 is 2.00 bits per heavy atom. The smallest absolute Gasteiger partial charge is 0.193 e. The lowest BCUT2D eigenvalue weighted by Crippen LogP contribution is -2.24.